The van der Waals surface area contributed by atoms with E-state index in [2.05, 4.69) is 32.3 Å². The summed E-state index contributed by atoms with van der Waals surface area (Å²) in [5.41, 5.74) is 8.31. The molecule has 1 aliphatic heterocycles. The first kappa shape index (κ1) is 24.3. The van der Waals surface area contributed by atoms with E-state index in [1.807, 2.05) is 12.1 Å². The lowest BCUT2D eigenvalue weighted by Gasteiger charge is -2.30. The third-order valence-electron chi connectivity index (χ3n) is 5.14. The number of halogens is 2. The Morgan fingerprint density at radius 1 is 1.20 bits per heavy atom. The smallest absolute Gasteiger partial charge is 0.260 e. The topological polar surface area (TPSA) is 104 Å². The summed E-state index contributed by atoms with van der Waals surface area (Å²) < 4.78 is 0. The highest BCUT2D eigenvalue weighted by molar-refractivity contribution is 7.17. The molecular weight excluding hydrogens is 445 g/mol. The van der Waals surface area contributed by atoms with Gasteiger partial charge >= 0.3 is 0 Å². The molecule has 3 aromatic rings. The van der Waals surface area contributed by atoms with Crippen LogP contribution in [0.5, 0.6) is 0 Å². The van der Waals surface area contributed by atoms with Crippen molar-refractivity contribution >= 4 is 52.3 Å². The minimum absolute atomic E-state index is 0. The molecule has 2 aromatic heterocycles. The molecule has 1 amide bonds. The number of nitrogens with two attached hydrogens (primary N) is 1. The van der Waals surface area contributed by atoms with Gasteiger partial charge in [-0.3, -0.25) is 14.5 Å². The van der Waals surface area contributed by atoms with E-state index in [1.165, 1.54) is 23.2 Å². The van der Waals surface area contributed by atoms with Crippen molar-refractivity contribution in [2.75, 3.05) is 13.1 Å². The van der Waals surface area contributed by atoms with E-state index >= 15 is 0 Å². The van der Waals surface area contributed by atoms with Gasteiger partial charge in [-0.25, -0.2) is 4.98 Å². The number of carbonyl (C=O) groups is 1. The lowest BCUT2D eigenvalue weighted by Crippen LogP contribution is -2.39. The number of carbonyl (C=O) groups excluding carboxylic acids is 1. The van der Waals surface area contributed by atoms with Crippen LogP contribution >= 0.6 is 36.2 Å². The molecule has 0 saturated carbocycles. The Morgan fingerprint density at radius 3 is 2.57 bits per heavy atom. The minimum atomic E-state index is -0.292. The Hall–Kier alpha value is -1.97. The quantitative estimate of drug-likeness (QED) is 0.532. The lowest BCUT2D eigenvalue weighted by molar-refractivity contribution is 0.0953. The van der Waals surface area contributed by atoms with E-state index < -0.39 is 0 Å². The maximum atomic E-state index is 12.5. The van der Waals surface area contributed by atoms with Crippen molar-refractivity contribution in [3.63, 3.8) is 0 Å². The Labute approximate surface area is 190 Å². The first-order valence-corrected chi connectivity index (χ1v) is 10.3. The van der Waals surface area contributed by atoms with Crippen LogP contribution < -0.4 is 16.6 Å². The molecule has 3 heterocycles. The zero-order chi connectivity index (χ0) is 19.5. The van der Waals surface area contributed by atoms with E-state index in [1.54, 1.807) is 5.38 Å². The summed E-state index contributed by atoms with van der Waals surface area (Å²) in [5.74, 6) is -0.265. The van der Waals surface area contributed by atoms with Crippen LogP contribution in [0, 0.1) is 0 Å². The van der Waals surface area contributed by atoms with Gasteiger partial charge in [-0.15, -0.1) is 36.2 Å². The van der Waals surface area contributed by atoms with Gasteiger partial charge in [0, 0.05) is 24.5 Å². The number of piperidine rings is 1. The molecule has 7 nitrogen and oxygen atoms in total. The van der Waals surface area contributed by atoms with E-state index in [0.29, 0.717) is 28.4 Å². The zero-order valence-corrected chi connectivity index (χ0v) is 18.7. The highest BCUT2D eigenvalue weighted by atomic mass is 35.5. The molecule has 0 bridgehead atoms. The number of nitrogens with zero attached hydrogens (tertiary/aromatic N) is 2. The summed E-state index contributed by atoms with van der Waals surface area (Å²) in [6.45, 7) is 3.42. The molecule has 0 unspecified atom stereocenters. The summed E-state index contributed by atoms with van der Waals surface area (Å²) in [6, 6.07) is 8.61. The molecule has 10 heteroatoms. The highest BCUT2D eigenvalue weighted by Crippen LogP contribution is 2.20. The number of rotatable bonds is 5. The molecule has 4 rings (SSSR count). The van der Waals surface area contributed by atoms with Crippen LogP contribution in [0.15, 0.2) is 40.8 Å². The van der Waals surface area contributed by atoms with Crippen molar-refractivity contribution in [1.82, 2.24) is 20.2 Å². The Kier molecular flexibility index (Phi) is 8.81. The number of nitrogens with one attached hydrogen (secondary N) is 2. The van der Waals surface area contributed by atoms with E-state index in [0.717, 1.165) is 38.0 Å². The monoisotopic (exact) mass is 469 g/mol. The molecule has 1 fully saturated rings. The standard InChI is InChI=1S/C20H23N5O2S.2ClH/c21-15-5-7-25(8-6-15)10-14-3-1-13(2-4-14)9-22-18(26)16-11-28-20-17(16)19(27)23-12-24-20;;/h1-4,11-12,15H,5-10,21H2,(H,22,26)(H,23,24,27);2*1H. The van der Waals surface area contributed by atoms with Crippen molar-refractivity contribution in [2.45, 2.75) is 32.0 Å². The molecule has 162 valence electrons. The third-order valence-corrected chi connectivity index (χ3v) is 6.02. The van der Waals surface area contributed by atoms with Gasteiger partial charge in [0.05, 0.1) is 17.3 Å². The van der Waals surface area contributed by atoms with Gasteiger partial charge in [-0.05, 0) is 37.1 Å². The second-order valence-electron chi connectivity index (χ2n) is 7.17. The number of hydrogen-bond donors (Lipinski definition) is 3. The SMILES string of the molecule is Cl.Cl.NC1CCN(Cc2ccc(CNC(=O)c3csc4nc[nH]c(=O)c34)cc2)CC1. The van der Waals surface area contributed by atoms with Crippen molar-refractivity contribution in [2.24, 2.45) is 5.73 Å². The molecule has 4 N–H and O–H groups in total. The van der Waals surface area contributed by atoms with Gasteiger partial charge in [0.15, 0.2) is 0 Å². The average molecular weight is 470 g/mol. The van der Waals surface area contributed by atoms with E-state index in [9.17, 15) is 9.59 Å². The summed E-state index contributed by atoms with van der Waals surface area (Å²) in [4.78, 5) is 34.1. The van der Waals surface area contributed by atoms with Crippen LogP contribution in [-0.4, -0.2) is 39.9 Å². The molecule has 0 radical (unpaired) electrons. The molecule has 1 aliphatic rings. The average Bonchev–Trinajstić information content (AvgIpc) is 3.15. The summed E-state index contributed by atoms with van der Waals surface area (Å²) in [5, 5.41) is 4.91. The Bertz CT molecular complexity index is 1030. The lowest BCUT2D eigenvalue weighted by atomic mass is 10.0. The van der Waals surface area contributed by atoms with E-state index in [-0.39, 0.29) is 36.3 Å². The summed E-state index contributed by atoms with van der Waals surface area (Å²) in [6.07, 6.45) is 3.46. The van der Waals surface area contributed by atoms with E-state index in [4.69, 9.17) is 5.73 Å². The van der Waals surface area contributed by atoms with Gasteiger partial charge < -0.3 is 16.0 Å². The number of amides is 1. The van der Waals surface area contributed by atoms with Crippen molar-refractivity contribution < 1.29 is 4.79 Å². The number of fused-ring (bicyclic) bond motifs is 1. The normalized spacial score (nSPS) is 14.7. The van der Waals surface area contributed by atoms with Crippen molar-refractivity contribution in [3.8, 4) is 0 Å². The van der Waals surface area contributed by atoms with Crippen LogP contribution in [0.1, 0.15) is 34.3 Å². The van der Waals surface area contributed by atoms with Crippen LogP contribution in [-0.2, 0) is 13.1 Å². The number of hydrogen-bond acceptors (Lipinski definition) is 6. The fourth-order valence-electron chi connectivity index (χ4n) is 3.46. The second kappa shape index (κ2) is 10.9. The van der Waals surface area contributed by atoms with Gasteiger partial charge in [0.1, 0.15) is 4.83 Å². The maximum Gasteiger partial charge on any atom is 0.260 e. The number of aromatic amines is 1. The molecule has 0 spiro atoms. The number of thiophene rings is 1. The molecule has 1 aromatic carbocycles. The summed E-state index contributed by atoms with van der Waals surface area (Å²) >= 11 is 1.29. The molecule has 0 aliphatic carbocycles. The Balaban J connectivity index is 0.00000160. The number of benzene rings is 1. The third kappa shape index (κ3) is 5.59. The van der Waals surface area contributed by atoms with Crippen LogP contribution in [0.2, 0.25) is 0 Å². The van der Waals surface area contributed by atoms with Gasteiger partial charge in [0.2, 0.25) is 0 Å². The second-order valence-corrected chi connectivity index (χ2v) is 8.03. The maximum absolute atomic E-state index is 12.5. The highest BCUT2D eigenvalue weighted by Gasteiger charge is 2.17. The van der Waals surface area contributed by atoms with Gasteiger partial charge in [-0.1, -0.05) is 24.3 Å². The molecule has 1 saturated heterocycles. The van der Waals surface area contributed by atoms with Gasteiger partial charge in [0.25, 0.3) is 11.5 Å². The predicted molar refractivity (Wildman–Crippen MR) is 125 cm³/mol. The fourth-order valence-corrected chi connectivity index (χ4v) is 4.35. The first-order chi connectivity index (χ1) is 13.6. The Morgan fingerprint density at radius 2 is 1.87 bits per heavy atom. The molecule has 0 atom stereocenters. The largest absolute Gasteiger partial charge is 0.348 e. The number of H-pyrrole nitrogens is 1. The number of aromatic nitrogens is 2. The fraction of sp³-hybridized carbons (Fsp3) is 0.350. The molecular formula is C20H25Cl2N5O2S. The minimum Gasteiger partial charge on any atom is -0.348 e. The zero-order valence-electron chi connectivity index (χ0n) is 16.3. The predicted octanol–water partition coefficient (Wildman–Crippen LogP) is 2.68. The van der Waals surface area contributed by atoms with Crippen LogP contribution in [0.25, 0.3) is 10.2 Å². The van der Waals surface area contributed by atoms with Crippen LogP contribution in [0.3, 0.4) is 0 Å². The van der Waals surface area contributed by atoms with Crippen molar-refractivity contribution in [1.29, 1.82) is 0 Å². The number of likely N-dealkylation sites (tertiary alicyclic amines) is 1. The van der Waals surface area contributed by atoms with Gasteiger partial charge in [-0.2, -0.15) is 0 Å². The van der Waals surface area contributed by atoms with Crippen molar-refractivity contribution in [3.05, 3.63) is 63.0 Å². The summed E-state index contributed by atoms with van der Waals surface area (Å²) in [7, 11) is 0. The molecule has 30 heavy (non-hydrogen) atoms. The van der Waals surface area contributed by atoms with Crippen LogP contribution in [0.4, 0.5) is 0 Å². The first-order valence-electron chi connectivity index (χ1n) is 9.39.